The van der Waals surface area contributed by atoms with Gasteiger partial charge in [0, 0.05) is 5.39 Å². The molecule has 1 saturated heterocycles. The second-order valence-electron chi connectivity index (χ2n) is 4.70. The lowest BCUT2D eigenvalue weighted by Gasteiger charge is -2.24. The molecule has 1 N–H and O–H groups in total. The van der Waals surface area contributed by atoms with Gasteiger partial charge in [-0.3, -0.25) is 0 Å². The average molecular weight is 253 g/mol. The third-order valence-corrected chi connectivity index (χ3v) is 3.39. The van der Waals surface area contributed by atoms with Gasteiger partial charge in [0.15, 0.2) is 0 Å². The lowest BCUT2D eigenvalue weighted by atomic mass is 10.1. The van der Waals surface area contributed by atoms with E-state index in [0.29, 0.717) is 5.69 Å². The molecule has 0 unspecified atom stereocenters. The number of aromatic nitrogens is 1. The van der Waals surface area contributed by atoms with Crippen LogP contribution in [-0.2, 0) is 0 Å². The van der Waals surface area contributed by atoms with Crippen LogP contribution in [0.4, 0.5) is 0 Å². The molecule has 19 heavy (non-hydrogen) atoms. The molecule has 2 aromatic rings. The Labute approximate surface area is 112 Å². The standard InChI is InChI=1S/C15H15N3O/c16-10-11-4-5-13-14(18-11)2-1-3-15(13)19-12-6-8-17-9-7-12/h1-5,12,17H,6-9H2. The predicted molar refractivity (Wildman–Crippen MR) is 73.0 cm³/mol. The first-order valence-electron chi connectivity index (χ1n) is 6.54. The number of rotatable bonds is 2. The molecule has 96 valence electrons. The predicted octanol–water partition coefficient (Wildman–Crippen LogP) is 2.24. The number of piperidine rings is 1. The van der Waals surface area contributed by atoms with Crippen LogP contribution < -0.4 is 10.1 Å². The molecule has 1 aromatic carbocycles. The van der Waals surface area contributed by atoms with E-state index in [0.717, 1.165) is 42.6 Å². The van der Waals surface area contributed by atoms with Crippen LogP contribution in [-0.4, -0.2) is 24.2 Å². The molecule has 1 fully saturated rings. The van der Waals surface area contributed by atoms with Crippen LogP contribution in [0.5, 0.6) is 5.75 Å². The molecule has 0 aliphatic carbocycles. The van der Waals surface area contributed by atoms with Gasteiger partial charge in [0.1, 0.15) is 23.6 Å². The fourth-order valence-corrected chi connectivity index (χ4v) is 2.38. The van der Waals surface area contributed by atoms with Crippen molar-refractivity contribution in [3.8, 4) is 11.8 Å². The molecule has 4 heteroatoms. The van der Waals surface area contributed by atoms with Gasteiger partial charge >= 0.3 is 0 Å². The van der Waals surface area contributed by atoms with Gasteiger partial charge in [-0.15, -0.1) is 0 Å². The molecular weight excluding hydrogens is 238 g/mol. The summed E-state index contributed by atoms with van der Waals surface area (Å²) >= 11 is 0. The van der Waals surface area contributed by atoms with Gasteiger partial charge in [-0.05, 0) is 50.2 Å². The highest BCUT2D eigenvalue weighted by Gasteiger charge is 2.15. The minimum Gasteiger partial charge on any atom is -0.490 e. The van der Waals surface area contributed by atoms with Crippen LogP contribution in [0.2, 0.25) is 0 Å². The van der Waals surface area contributed by atoms with E-state index in [9.17, 15) is 0 Å². The maximum Gasteiger partial charge on any atom is 0.141 e. The van der Waals surface area contributed by atoms with Crippen molar-refractivity contribution in [3.05, 3.63) is 36.0 Å². The van der Waals surface area contributed by atoms with E-state index >= 15 is 0 Å². The minimum atomic E-state index is 0.266. The van der Waals surface area contributed by atoms with Gasteiger partial charge in [0.25, 0.3) is 0 Å². The Hall–Kier alpha value is -2.12. The van der Waals surface area contributed by atoms with E-state index in [1.54, 1.807) is 6.07 Å². The Morgan fingerprint density at radius 1 is 1.21 bits per heavy atom. The van der Waals surface area contributed by atoms with Crippen LogP contribution in [0.15, 0.2) is 30.3 Å². The summed E-state index contributed by atoms with van der Waals surface area (Å²) in [5.74, 6) is 0.862. The number of hydrogen-bond donors (Lipinski definition) is 1. The molecule has 0 atom stereocenters. The van der Waals surface area contributed by atoms with Crippen LogP contribution in [0.25, 0.3) is 10.9 Å². The second kappa shape index (κ2) is 5.25. The molecule has 0 spiro atoms. The molecule has 0 saturated carbocycles. The van der Waals surface area contributed by atoms with Crippen LogP contribution in [0, 0.1) is 11.3 Å². The summed E-state index contributed by atoms with van der Waals surface area (Å²) in [6.45, 7) is 2.01. The summed E-state index contributed by atoms with van der Waals surface area (Å²) in [6, 6.07) is 11.5. The summed E-state index contributed by atoms with van der Waals surface area (Å²) in [5, 5.41) is 13.2. The third kappa shape index (κ3) is 2.51. The molecule has 0 amide bonds. The Balaban J connectivity index is 1.92. The first-order valence-corrected chi connectivity index (χ1v) is 6.54. The molecule has 4 nitrogen and oxygen atoms in total. The number of benzene rings is 1. The third-order valence-electron chi connectivity index (χ3n) is 3.39. The van der Waals surface area contributed by atoms with E-state index in [-0.39, 0.29) is 6.10 Å². The minimum absolute atomic E-state index is 0.266. The van der Waals surface area contributed by atoms with Gasteiger partial charge in [0.05, 0.1) is 5.52 Å². The molecule has 2 heterocycles. The van der Waals surface area contributed by atoms with Crippen molar-refractivity contribution in [3.63, 3.8) is 0 Å². The Morgan fingerprint density at radius 3 is 2.84 bits per heavy atom. The van der Waals surface area contributed by atoms with Gasteiger partial charge in [-0.2, -0.15) is 5.26 Å². The Bertz CT molecular complexity index is 627. The number of nitrogens with one attached hydrogen (secondary N) is 1. The zero-order valence-electron chi connectivity index (χ0n) is 10.6. The average Bonchev–Trinajstić information content (AvgIpc) is 2.48. The highest BCUT2D eigenvalue weighted by molar-refractivity contribution is 5.85. The Kier molecular flexibility index (Phi) is 3.30. The highest BCUT2D eigenvalue weighted by atomic mass is 16.5. The van der Waals surface area contributed by atoms with Crippen LogP contribution >= 0.6 is 0 Å². The fourth-order valence-electron chi connectivity index (χ4n) is 2.38. The van der Waals surface area contributed by atoms with Crippen molar-refractivity contribution in [1.29, 1.82) is 5.26 Å². The lowest BCUT2D eigenvalue weighted by molar-refractivity contribution is 0.164. The lowest BCUT2D eigenvalue weighted by Crippen LogP contribution is -2.34. The molecule has 3 rings (SSSR count). The van der Waals surface area contributed by atoms with Gasteiger partial charge in [0.2, 0.25) is 0 Å². The number of nitrogens with zero attached hydrogens (tertiary/aromatic N) is 2. The molecule has 1 aliphatic heterocycles. The van der Waals surface area contributed by atoms with Crippen LogP contribution in [0.3, 0.4) is 0 Å². The van der Waals surface area contributed by atoms with Crippen molar-refractivity contribution in [2.45, 2.75) is 18.9 Å². The molecule has 1 aromatic heterocycles. The summed E-state index contributed by atoms with van der Waals surface area (Å²) < 4.78 is 6.08. The Morgan fingerprint density at radius 2 is 2.05 bits per heavy atom. The van der Waals surface area contributed by atoms with Gasteiger partial charge < -0.3 is 10.1 Å². The molecule has 0 bridgehead atoms. The quantitative estimate of drug-likeness (QED) is 0.891. The van der Waals surface area contributed by atoms with Crippen LogP contribution in [0.1, 0.15) is 18.5 Å². The molecule has 0 radical (unpaired) electrons. The number of nitriles is 1. The first-order chi connectivity index (χ1) is 9.36. The number of pyridine rings is 1. The largest absolute Gasteiger partial charge is 0.490 e. The molecule has 1 aliphatic rings. The van der Waals surface area contributed by atoms with E-state index < -0.39 is 0 Å². The summed E-state index contributed by atoms with van der Waals surface area (Å²) in [5.41, 5.74) is 1.25. The van der Waals surface area contributed by atoms with Crippen molar-refractivity contribution in [1.82, 2.24) is 10.3 Å². The normalized spacial score (nSPS) is 16.2. The number of ether oxygens (including phenoxy) is 1. The monoisotopic (exact) mass is 253 g/mol. The first kappa shape index (κ1) is 11.9. The van der Waals surface area contributed by atoms with E-state index in [2.05, 4.69) is 16.4 Å². The second-order valence-corrected chi connectivity index (χ2v) is 4.70. The van der Waals surface area contributed by atoms with Gasteiger partial charge in [-0.25, -0.2) is 4.98 Å². The molecular formula is C15H15N3O. The smallest absolute Gasteiger partial charge is 0.141 e. The topological polar surface area (TPSA) is 57.9 Å². The van der Waals surface area contributed by atoms with E-state index in [1.807, 2.05) is 24.3 Å². The SMILES string of the molecule is N#Cc1ccc2c(OC3CCNCC3)cccc2n1. The van der Waals surface area contributed by atoms with E-state index in [1.165, 1.54) is 0 Å². The summed E-state index contributed by atoms with van der Waals surface area (Å²) in [4.78, 5) is 4.29. The highest BCUT2D eigenvalue weighted by Crippen LogP contribution is 2.26. The number of hydrogen-bond acceptors (Lipinski definition) is 4. The summed E-state index contributed by atoms with van der Waals surface area (Å²) in [7, 11) is 0. The maximum atomic E-state index is 8.88. The zero-order valence-corrected chi connectivity index (χ0v) is 10.6. The van der Waals surface area contributed by atoms with Crippen molar-refractivity contribution < 1.29 is 4.74 Å². The maximum absolute atomic E-state index is 8.88. The number of fused-ring (bicyclic) bond motifs is 1. The fraction of sp³-hybridized carbons (Fsp3) is 0.333. The summed E-state index contributed by atoms with van der Waals surface area (Å²) in [6.07, 6.45) is 2.32. The van der Waals surface area contributed by atoms with E-state index in [4.69, 9.17) is 10.00 Å². The van der Waals surface area contributed by atoms with Crippen molar-refractivity contribution in [2.24, 2.45) is 0 Å². The van der Waals surface area contributed by atoms with Gasteiger partial charge in [-0.1, -0.05) is 6.07 Å². The van der Waals surface area contributed by atoms with Crippen molar-refractivity contribution in [2.75, 3.05) is 13.1 Å². The van der Waals surface area contributed by atoms with Crippen molar-refractivity contribution >= 4 is 10.9 Å². The zero-order chi connectivity index (χ0) is 13.1.